The average molecular weight is 99.1 g/mol. The summed E-state index contributed by atoms with van der Waals surface area (Å²) in [6.07, 6.45) is 3.57. The highest BCUT2D eigenvalue weighted by Gasteiger charge is 2.17. The summed E-state index contributed by atoms with van der Waals surface area (Å²) in [6.45, 7) is 0. The van der Waals surface area contributed by atoms with Crippen molar-refractivity contribution in [2.45, 2.75) is 5.79 Å². The topological polar surface area (TPSA) is 52.8 Å². The van der Waals surface area contributed by atoms with Crippen LogP contribution in [0.4, 0.5) is 0 Å². The molecule has 0 aromatic heterocycles. The number of aliphatic hydroxyl groups is 2. The lowest BCUT2D eigenvalue weighted by molar-refractivity contribution is -0.0490. The molecule has 2 N–H and O–H groups in total. The zero-order valence-electron chi connectivity index (χ0n) is 3.57. The van der Waals surface area contributed by atoms with E-state index in [1.165, 1.54) is 12.3 Å². The van der Waals surface area contributed by atoms with Crippen molar-refractivity contribution in [2.75, 3.05) is 0 Å². The summed E-state index contributed by atoms with van der Waals surface area (Å²) in [7, 11) is 0. The molecule has 1 aliphatic heterocycles. The van der Waals surface area contributed by atoms with E-state index in [0.717, 1.165) is 6.21 Å². The van der Waals surface area contributed by atoms with Gasteiger partial charge in [0.25, 0.3) is 0 Å². The molecular weight excluding hydrogens is 94.0 g/mol. The van der Waals surface area contributed by atoms with Crippen molar-refractivity contribution in [3.05, 3.63) is 12.3 Å². The molecule has 0 atom stereocenters. The van der Waals surface area contributed by atoms with Gasteiger partial charge in [0.1, 0.15) is 0 Å². The highest BCUT2D eigenvalue weighted by molar-refractivity contribution is 5.72. The first-order valence-corrected chi connectivity index (χ1v) is 1.87. The number of hydrogen-bond donors (Lipinski definition) is 2. The zero-order valence-corrected chi connectivity index (χ0v) is 3.57. The molecule has 0 radical (unpaired) electrons. The first kappa shape index (κ1) is 4.49. The molecule has 0 fully saturated rings. The number of rotatable bonds is 0. The predicted molar refractivity (Wildman–Crippen MR) is 24.8 cm³/mol. The molecule has 1 heterocycles. The SMILES string of the molecule is OC1(O)C=CN=C1. The fourth-order valence-electron chi connectivity index (χ4n) is 0.348. The van der Waals surface area contributed by atoms with Crippen LogP contribution in [0.2, 0.25) is 0 Å². The van der Waals surface area contributed by atoms with Crippen LogP contribution >= 0.6 is 0 Å². The monoisotopic (exact) mass is 99.0 g/mol. The van der Waals surface area contributed by atoms with Gasteiger partial charge in [-0.15, -0.1) is 0 Å². The van der Waals surface area contributed by atoms with Crippen molar-refractivity contribution >= 4 is 6.21 Å². The molecule has 0 aromatic carbocycles. The van der Waals surface area contributed by atoms with Gasteiger partial charge in [0, 0.05) is 6.20 Å². The van der Waals surface area contributed by atoms with Crippen molar-refractivity contribution in [2.24, 2.45) is 4.99 Å². The molecule has 3 heteroatoms. The van der Waals surface area contributed by atoms with E-state index in [9.17, 15) is 0 Å². The summed E-state index contributed by atoms with van der Waals surface area (Å²) in [5.41, 5.74) is 0. The third kappa shape index (κ3) is 0.852. The summed E-state index contributed by atoms with van der Waals surface area (Å²) in [6, 6.07) is 0. The first-order valence-electron chi connectivity index (χ1n) is 1.87. The summed E-state index contributed by atoms with van der Waals surface area (Å²) < 4.78 is 0. The van der Waals surface area contributed by atoms with Crippen molar-refractivity contribution in [1.29, 1.82) is 0 Å². The maximum Gasteiger partial charge on any atom is 0.222 e. The van der Waals surface area contributed by atoms with Crippen LogP contribution < -0.4 is 0 Å². The Labute approximate surface area is 40.6 Å². The highest BCUT2D eigenvalue weighted by Crippen LogP contribution is 2.02. The predicted octanol–water partition coefficient (Wildman–Crippen LogP) is -0.735. The maximum atomic E-state index is 8.51. The van der Waals surface area contributed by atoms with Crippen molar-refractivity contribution in [1.82, 2.24) is 0 Å². The Morgan fingerprint density at radius 3 is 2.29 bits per heavy atom. The van der Waals surface area contributed by atoms with Crippen LogP contribution in [0.25, 0.3) is 0 Å². The molecule has 0 amide bonds. The summed E-state index contributed by atoms with van der Waals surface area (Å²) in [5.74, 6) is -1.78. The Balaban J connectivity index is 2.77. The molecule has 0 saturated heterocycles. The van der Waals surface area contributed by atoms with Gasteiger partial charge in [0.05, 0.1) is 6.21 Å². The van der Waals surface area contributed by atoms with Gasteiger partial charge in [0.15, 0.2) is 0 Å². The van der Waals surface area contributed by atoms with Gasteiger partial charge in [-0.1, -0.05) is 0 Å². The van der Waals surface area contributed by atoms with Crippen LogP contribution in [-0.2, 0) is 0 Å². The van der Waals surface area contributed by atoms with Crippen LogP contribution in [0.3, 0.4) is 0 Å². The molecule has 1 rings (SSSR count). The average Bonchev–Trinajstić information content (AvgIpc) is 1.84. The number of nitrogens with zero attached hydrogens (tertiary/aromatic N) is 1. The van der Waals surface area contributed by atoms with Crippen molar-refractivity contribution < 1.29 is 10.2 Å². The van der Waals surface area contributed by atoms with Crippen LogP contribution in [0, 0.1) is 0 Å². The molecular formula is C4H5NO2. The Morgan fingerprint density at radius 1 is 1.43 bits per heavy atom. The second kappa shape index (κ2) is 1.15. The van der Waals surface area contributed by atoms with E-state index >= 15 is 0 Å². The fourth-order valence-corrected chi connectivity index (χ4v) is 0.348. The Hall–Kier alpha value is -0.670. The number of aliphatic imine (C=N–C) groups is 1. The van der Waals surface area contributed by atoms with E-state index in [2.05, 4.69) is 4.99 Å². The van der Waals surface area contributed by atoms with Crippen LogP contribution in [0.15, 0.2) is 17.3 Å². The second-order valence-electron chi connectivity index (χ2n) is 1.38. The van der Waals surface area contributed by atoms with Gasteiger partial charge in [-0.25, -0.2) is 0 Å². The molecule has 38 valence electrons. The van der Waals surface area contributed by atoms with Crippen molar-refractivity contribution in [3.8, 4) is 0 Å². The highest BCUT2D eigenvalue weighted by atomic mass is 16.5. The van der Waals surface area contributed by atoms with Crippen LogP contribution in [0.5, 0.6) is 0 Å². The Bertz CT molecular complexity index is 112. The molecule has 0 aliphatic carbocycles. The van der Waals surface area contributed by atoms with Gasteiger partial charge < -0.3 is 10.2 Å². The van der Waals surface area contributed by atoms with E-state index in [1.807, 2.05) is 0 Å². The maximum absolute atomic E-state index is 8.51. The van der Waals surface area contributed by atoms with Crippen molar-refractivity contribution in [3.63, 3.8) is 0 Å². The fraction of sp³-hybridized carbons (Fsp3) is 0.250. The summed E-state index contributed by atoms with van der Waals surface area (Å²) in [4.78, 5) is 3.43. The van der Waals surface area contributed by atoms with Crippen LogP contribution in [-0.4, -0.2) is 22.2 Å². The second-order valence-corrected chi connectivity index (χ2v) is 1.38. The zero-order chi connectivity index (χ0) is 5.33. The third-order valence-corrected chi connectivity index (χ3v) is 0.670. The van der Waals surface area contributed by atoms with Gasteiger partial charge in [0.2, 0.25) is 5.79 Å². The van der Waals surface area contributed by atoms with E-state index < -0.39 is 5.79 Å². The normalized spacial score (nSPS) is 23.7. The quantitative estimate of drug-likeness (QED) is 0.393. The minimum atomic E-state index is -1.78. The lowest BCUT2D eigenvalue weighted by atomic mass is 10.3. The minimum Gasteiger partial charge on any atom is -0.358 e. The van der Waals surface area contributed by atoms with E-state index in [0.29, 0.717) is 0 Å². The minimum absolute atomic E-state index is 1.05. The lowest BCUT2D eigenvalue weighted by Crippen LogP contribution is -2.23. The summed E-state index contributed by atoms with van der Waals surface area (Å²) in [5, 5.41) is 17.0. The van der Waals surface area contributed by atoms with E-state index in [1.54, 1.807) is 0 Å². The molecule has 0 bridgehead atoms. The molecule has 3 nitrogen and oxygen atoms in total. The molecule has 0 aromatic rings. The molecule has 0 unspecified atom stereocenters. The molecule has 0 saturated carbocycles. The van der Waals surface area contributed by atoms with Gasteiger partial charge in [-0.05, 0) is 6.08 Å². The third-order valence-electron chi connectivity index (χ3n) is 0.670. The smallest absolute Gasteiger partial charge is 0.222 e. The van der Waals surface area contributed by atoms with Gasteiger partial charge >= 0.3 is 0 Å². The van der Waals surface area contributed by atoms with Gasteiger partial charge in [-0.2, -0.15) is 0 Å². The van der Waals surface area contributed by atoms with Gasteiger partial charge in [-0.3, -0.25) is 4.99 Å². The first-order chi connectivity index (χ1) is 3.21. The Morgan fingerprint density at radius 2 is 2.14 bits per heavy atom. The molecule has 1 aliphatic rings. The van der Waals surface area contributed by atoms with Crippen LogP contribution in [0.1, 0.15) is 0 Å². The van der Waals surface area contributed by atoms with E-state index in [4.69, 9.17) is 10.2 Å². The largest absolute Gasteiger partial charge is 0.358 e. The Kier molecular flexibility index (Phi) is 0.736. The molecule has 7 heavy (non-hydrogen) atoms. The standard InChI is InChI=1S/C4H5NO2/c6-4(7)1-2-5-3-4/h1-3,6-7H. The molecule has 0 spiro atoms. The lowest BCUT2D eigenvalue weighted by Gasteiger charge is -2.03. The number of hydrogen-bond acceptors (Lipinski definition) is 3. The summed E-state index contributed by atoms with van der Waals surface area (Å²) >= 11 is 0. The van der Waals surface area contributed by atoms with E-state index in [-0.39, 0.29) is 0 Å².